The van der Waals surface area contributed by atoms with Gasteiger partial charge in [0.25, 0.3) is 0 Å². The van der Waals surface area contributed by atoms with Crippen LogP contribution in [0.5, 0.6) is 0 Å². The molecule has 0 saturated heterocycles. The zero-order valence-corrected chi connectivity index (χ0v) is 36.5. The number of benzene rings is 2. The molecule has 0 bridgehead atoms. The maximum atomic E-state index is 8.28. The highest BCUT2D eigenvalue weighted by atomic mass is 28.1. The van der Waals surface area contributed by atoms with Crippen molar-refractivity contribution in [3.8, 4) is 0 Å². The fourth-order valence-corrected chi connectivity index (χ4v) is 10.5. The number of rotatable bonds is 11. The van der Waals surface area contributed by atoms with Gasteiger partial charge in [-0.2, -0.15) is 0 Å². The molecule has 2 N–H and O–H groups in total. The van der Waals surface area contributed by atoms with Crippen molar-refractivity contribution in [1.29, 1.82) is 0 Å². The molecule has 0 radical (unpaired) electrons. The van der Waals surface area contributed by atoms with Crippen molar-refractivity contribution in [3.05, 3.63) is 83.4 Å². The van der Waals surface area contributed by atoms with Crippen LogP contribution in [0.3, 0.4) is 0 Å². The average Bonchev–Trinajstić information content (AvgIpc) is 3.20. The minimum atomic E-state index is 0. The molecular weight excluding hydrogens is 665 g/mol. The molecule has 2 aromatic rings. The zero-order chi connectivity index (χ0) is 37.6. The fourth-order valence-electron chi connectivity index (χ4n) is 10.5. The lowest BCUT2D eigenvalue weighted by molar-refractivity contribution is 0.155. The number of methoxy groups -OCH3 is 1. The largest absolute Gasteiger partial charge is 0.412 e. The van der Waals surface area contributed by atoms with Crippen LogP contribution in [0.4, 0.5) is 0 Å². The minimum Gasteiger partial charge on any atom is -0.412 e. The molecule has 4 heteroatoms. The van der Waals surface area contributed by atoms with Crippen molar-refractivity contribution in [2.75, 3.05) is 14.2 Å². The average molecular weight is 747 g/mol. The number of allylic oxidation sites excluding steroid dienone is 1. The van der Waals surface area contributed by atoms with Gasteiger partial charge < -0.3 is 14.7 Å². The van der Waals surface area contributed by atoms with Crippen LogP contribution in [0.1, 0.15) is 182 Å². The third-order valence-corrected chi connectivity index (χ3v) is 13.8. The summed E-state index contributed by atoms with van der Waals surface area (Å²) in [4.78, 5) is 0. The van der Waals surface area contributed by atoms with Crippen molar-refractivity contribution in [2.24, 2.45) is 35.5 Å². The number of ether oxygens (including phenoxy) is 1. The number of hydrogen-bond acceptors (Lipinski definition) is 2. The maximum Gasteiger partial charge on any atom is 0.245 e. The SMILES string of the molecule is C=CCCC1CCC(C2CCC(c3ccc(C)cc3)CC2)CC1.CCCCCC1CCC(C2CCC(c3ccc(C)cc3)CC2)CC1.COC.O.O=[SiH2]. The van der Waals surface area contributed by atoms with Gasteiger partial charge in [0.2, 0.25) is 10.1 Å². The molecule has 4 aliphatic carbocycles. The van der Waals surface area contributed by atoms with E-state index in [4.69, 9.17) is 4.46 Å². The highest BCUT2D eigenvalue weighted by Crippen LogP contribution is 2.46. The van der Waals surface area contributed by atoms with Gasteiger partial charge >= 0.3 is 0 Å². The molecule has 0 atom stereocenters. The Morgan fingerprint density at radius 3 is 1.21 bits per heavy atom. The second-order valence-electron chi connectivity index (χ2n) is 17.4. The van der Waals surface area contributed by atoms with Crippen LogP contribution in [0.25, 0.3) is 0 Å². The van der Waals surface area contributed by atoms with E-state index in [9.17, 15) is 0 Å². The van der Waals surface area contributed by atoms with E-state index in [0.717, 1.165) is 47.3 Å². The summed E-state index contributed by atoms with van der Waals surface area (Å²) in [5.74, 6) is 7.90. The van der Waals surface area contributed by atoms with Crippen LogP contribution < -0.4 is 0 Å². The standard InChI is InChI=1S/C24H38.C23H34.C2H6O.H2OSi.H2O/c1-3-4-5-6-20-9-13-22(14-10-20)24-17-15-23(16-18-24)21-11-7-19(2)8-12-21;1-3-4-5-19-8-12-21(13-9-19)23-16-14-22(15-17-23)20-10-6-18(2)7-11-20;1-3-2;1-2;/h7-8,11-12,20,22-24H,3-6,9-10,13-18H2,1-2H3;3,6-7,10-11,19,21-23H,1,4-5,8-9,12-17H2,2H3;1-2H3;2H2;1H2. The van der Waals surface area contributed by atoms with E-state index in [1.165, 1.54) is 152 Å². The summed E-state index contributed by atoms with van der Waals surface area (Å²) in [6.07, 6.45) is 34.3. The summed E-state index contributed by atoms with van der Waals surface area (Å²) in [5, 5.41) is 0. The van der Waals surface area contributed by atoms with Crippen molar-refractivity contribution in [3.63, 3.8) is 0 Å². The molecular formula is C49H82O3Si. The van der Waals surface area contributed by atoms with Gasteiger partial charge in [-0.1, -0.05) is 124 Å². The number of unbranched alkanes of at least 4 members (excludes halogenated alkanes) is 2. The Bertz CT molecular complexity index is 1160. The molecule has 4 fully saturated rings. The van der Waals surface area contributed by atoms with Crippen molar-refractivity contribution in [1.82, 2.24) is 0 Å². The van der Waals surface area contributed by atoms with Gasteiger partial charge in [-0.05, 0) is 162 Å². The molecule has 6 rings (SSSR count). The molecule has 53 heavy (non-hydrogen) atoms. The first kappa shape index (κ1) is 47.3. The molecule has 4 aliphatic rings. The second-order valence-corrected chi connectivity index (χ2v) is 17.4. The van der Waals surface area contributed by atoms with Crippen molar-refractivity contribution in [2.45, 2.75) is 174 Å². The lowest BCUT2D eigenvalue weighted by atomic mass is 9.68. The van der Waals surface area contributed by atoms with Crippen LogP contribution in [-0.4, -0.2) is 29.8 Å². The molecule has 0 amide bonds. The predicted molar refractivity (Wildman–Crippen MR) is 232 cm³/mol. The lowest BCUT2D eigenvalue weighted by Crippen LogP contribution is -2.25. The predicted octanol–water partition coefficient (Wildman–Crippen LogP) is 13.1. The van der Waals surface area contributed by atoms with E-state index < -0.39 is 0 Å². The molecule has 0 unspecified atom stereocenters. The Hall–Kier alpha value is -1.88. The topological polar surface area (TPSA) is 57.8 Å². The summed E-state index contributed by atoms with van der Waals surface area (Å²) >= 11 is 0. The first-order chi connectivity index (χ1) is 25.4. The Kier molecular flexibility index (Phi) is 24.7. The van der Waals surface area contributed by atoms with Gasteiger partial charge in [-0.3, -0.25) is 0 Å². The van der Waals surface area contributed by atoms with Crippen molar-refractivity contribution < 1.29 is 14.7 Å². The summed E-state index contributed by atoms with van der Waals surface area (Å²) in [5.41, 5.74) is 5.96. The molecule has 0 heterocycles. The molecule has 0 aliphatic heterocycles. The third kappa shape index (κ3) is 16.8. The van der Waals surface area contributed by atoms with Gasteiger partial charge in [-0.25, -0.2) is 0 Å². The van der Waals surface area contributed by atoms with Crippen molar-refractivity contribution >= 4 is 10.1 Å². The molecule has 4 saturated carbocycles. The van der Waals surface area contributed by atoms with E-state index in [-0.39, 0.29) is 5.48 Å². The highest BCUT2D eigenvalue weighted by molar-refractivity contribution is 5.85. The smallest absolute Gasteiger partial charge is 0.245 e. The van der Waals surface area contributed by atoms with E-state index in [0.29, 0.717) is 10.1 Å². The summed E-state index contributed by atoms with van der Waals surface area (Å²) in [7, 11) is 3.86. The second kappa shape index (κ2) is 27.7. The Morgan fingerprint density at radius 2 is 0.887 bits per heavy atom. The van der Waals surface area contributed by atoms with E-state index in [1.54, 1.807) is 25.3 Å². The Labute approximate surface area is 330 Å². The van der Waals surface area contributed by atoms with E-state index >= 15 is 0 Å². The van der Waals surface area contributed by atoms with Crippen LogP contribution in [0.15, 0.2) is 61.2 Å². The first-order valence-corrected chi connectivity index (χ1v) is 22.4. The first-order valence-electron chi connectivity index (χ1n) is 21.9. The Morgan fingerprint density at radius 1 is 0.566 bits per heavy atom. The van der Waals surface area contributed by atoms with Gasteiger partial charge in [0.05, 0.1) is 0 Å². The normalized spacial score (nSPS) is 28.2. The van der Waals surface area contributed by atoms with E-state index in [1.807, 2.05) is 0 Å². The van der Waals surface area contributed by atoms with Gasteiger partial charge in [-0.15, -0.1) is 6.58 Å². The van der Waals surface area contributed by atoms with Gasteiger partial charge in [0.1, 0.15) is 0 Å². The third-order valence-electron chi connectivity index (χ3n) is 13.8. The molecule has 300 valence electrons. The fraction of sp³-hybridized carbons (Fsp3) is 0.714. The molecule has 0 spiro atoms. The number of aryl methyl sites for hydroxylation is 2. The van der Waals surface area contributed by atoms with Gasteiger partial charge in [0.15, 0.2) is 0 Å². The summed E-state index contributed by atoms with van der Waals surface area (Å²) < 4.78 is 12.5. The summed E-state index contributed by atoms with van der Waals surface area (Å²) in [6, 6.07) is 18.6. The monoisotopic (exact) mass is 747 g/mol. The Balaban J connectivity index is 0.000000322. The molecule has 3 nitrogen and oxygen atoms in total. The maximum absolute atomic E-state index is 8.28. The lowest BCUT2D eigenvalue weighted by Gasteiger charge is -2.38. The minimum absolute atomic E-state index is 0. The highest BCUT2D eigenvalue weighted by Gasteiger charge is 2.32. The van der Waals surface area contributed by atoms with Crippen LogP contribution in [0.2, 0.25) is 0 Å². The zero-order valence-electron chi connectivity index (χ0n) is 35.1. The number of hydrogen-bond donors (Lipinski definition) is 0. The van der Waals surface area contributed by atoms with Crippen LogP contribution >= 0.6 is 0 Å². The summed E-state index contributed by atoms with van der Waals surface area (Å²) in [6.45, 7) is 10.6. The van der Waals surface area contributed by atoms with E-state index in [2.05, 4.69) is 86.7 Å². The van der Waals surface area contributed by atoms with Crippen LogP contribution in [0, 0.1) is 49.4 Å². The quantitative estimate of drug-likeness (QED) is 0.131. The van der Waals surface area contributed by atoms with Crippen LogP contribution in [-0.2, 0) is 9.20 Å². The van der Waals surface area contributed by atoms with Gasteiger partial charge in [0, 0.05) is 14.2 Å². The molecule has 0 aromatic heterocycles. The molecule has 2 aromatic carbocycles.